The van der Waals surface area contributed by atoms with E-state index in [1.54, 1.807) is 14.2 Å². The fourth-order valence-electron chi connectivity index (χ4n) is 2.42. The standard InChI is InChI=1S/C15H26N2O2/c1-11-14(18-5)8-7-12(15(11)19-6)13(17(3)4)9-10-16-2/h7-8,13,16H,9-10H2,1-6H3. The van der Waals surface area contributed by atoms with Crippen molar-refractivity contribution in [1.29, 1.82) is 0 Å². The van der Waals surface area contributed by atoms with Crippen molar-refractivity contribution in [3.05, 3.63) is 23.3 Å². The van der Waals surface area contributed by atoms with Gasteiger partial charge in [-0.1, -0.05) is 6.07 Å². The lowest BCUT2D eigenvalue weighted by molar-refractivity contribution is 0.272. The van der Waals surface area contributed by atoms with Gasteiger partial charge in [-0.15, -0.1) is 0 Å². The molecule has 4 nitrogen and oxygen atoms in total. The zero-order valence-corrected chi connectivity index (χ0v) is 12.9. The van der Waals surface area contributed by atoms with Crippen molar-refractivity contribution in [3.63, 3.8) is 0 Å². The highest BCUT2D eigenvalue weighted by Gasteiger charge is 2.20. The van der Waals surface area contributed by atoms with Crippen LogP contribution >= 0.6 is 0 Å². The molecule has 0 amide bonds. The van der Waals surface area contributed by atoms with E-state index in [-0.39, 0.29) is 0 Å². The molecule has 0 radical (unpaired) electrons. The molecule has 1 unspecified atom stereocenters. The molecule has 1 atom stereocenters. The van der Waals surface area contributed by atoms with Crippen LogP contribution in [0.2, 0.25) is 0 Å². The van der Waals surface area contributed by atoms with Crippen LogP contribution in [-0.4, -0.2) is 46.8 Å². The fraction of sp³-hybridized carbons (Fsp3) is 0.600. The van der Waals surface area contributed by atoms with Crippen LogP contribution in [0.25, 0.3) is 0 Å². The minimum absolute atomic E-state index is 0.326. The highest BCUT2D eigenvalue weighted by Crippen LogP contribution is 2.37. The number of hydrogen-bond donors (Lipinski definition) is 1. The first-order valence-electron chi connectivity index (χ1n) is 6.59. The largest absolute Gasteiger partial charge is 0.496 e. The molecular formula is C15H26N2O2. The Bertz CT molecular complexity index is 405. The van der Waals surface area contributed by atoms with E-state index in [9.17, 15) is 0 Å². The summed E-state index contributed by atoms with van der Waals surface area (Å²) < 4.78 is 11.0. The molecule has 0 saturated carbocycles. The number of methoxy groups -OCH3 is 2. The van der Waals surface area contributed by atoms with Crippen LogP contribution < -0.4 is 14.8 Å². The van der Waals surface area contributed by atoms with E-state index in [1.165, 1.54) is 5.56 Å². The molecule has 0 fully saturated rings. The minimum atomic E-state index is 0.326. The Kier molecular flexibility index (Phi) is 6.12. The summed E-state index contributed by atoms with van der Waals surface area (Å²) in [6.07, 6.45) is 1.03. The average Bonchev–Trinajstić information content (AvgIpc) is 2.39. The van der Waals surface area contributed by atoms with Gasteiger partial charge in [-0.3, -0.25) is 0 Å². The van der Waals surface area contributed by atoms with Gasteiger partial charge in [0.2, 0.25) is 0 Å². The Morgan fingerprint density at radius 3 is 2.37 bits per heavy atom. The zero-order chi connectivity index (χ0) is 14.4. The lowest BCUT2D eigenvalue weighted by Crippen LogP contribution is -2.24. The van der Waals surface area contributed by atoms with Gasteiger partial charge in [-0.25, -0.2) is 0 Å². The van der Waals surface area contributed by atoms with Crippen LogP contribution in [-0.2, 0) is 0 Å². The Morgan fingerprint density at radius 1 is 1.21 bits per heavy atom. The lowest BCUT2D eigenvalue weighted by Gasteiger charge is -2.27. The van der Waals surface area contributed by atoms with Gasteiger partial charge in [0, 0.05) is 17.2 Å². The molecule has 1 rings (SSSR count). The second-order valence-corrected chi connectivity index (χ2v) is 4.89. The lowest BCUT2D eigenvalue weighted by atomic mass is 9.98. The first-order valence-corrected chi connectivity index (χ1v) is 6.59. The monoisotopic (exact) mass is 266 g/mol. The molecule has 0 bridgehead atoms. The van der Waals surface area contributed by atoms with Crippen molar-refractivity contribution < 1.29 is 9.47 Å². The summed E-state index contributed by atoms with van der Waals surface area (Å²) in [6.45, 7) is 3.00. The summed E-state index contributed by atoms with van der Waals surface area (Å²) in [5.74, 6) is 1.79. The van der Waals surface area contributed by atoms with Gasteiger partial charge in [-0.2, -0.15) is 0 Å². The van der Waals surface area contributed by atoms with E-state index in [4.69, 9.17) is 9.47 Å². The van der Waals surface area contributed by atoms with Crippen LogP contribution in [0.15, 0.2) is 12.1 Å². The molecule has 0 aromatic heterocycles. The van der Waals surface area contributed by atoms with Gasteiger partial charge in [0.1, 0.15) is 11.5 Å². The van der Waals surface area contributed by atoms with Crippen LogP contribution in [0.3, 0.4) is 0 Å². The zero-order valence-electron chi connectivity index (χ0n) is 12.9. The summed E-state index contributed by atoms with van der Waals surface area (Å²) >= 11 is 0. The Hall–Kier alpha value is -1.26. The molecule has 0 heterocycles. The van der Waals surface area contributed by atoms with Crippen molar-refractivity contribution >= 4 is 0 Å². The summed E-state index contributed by atoms with van der Waals surface area (Å²) in [4.78, 5) is 2.22. The van der Waals surface area contributed by atoms with Gasteiger partial charge in [-0.05, 0) is 47.1 Å². The molecule has 0 aliphatic heterocycles. The number of rotatable bonds is 7. The first-order chi connectivity index (χ1) is 9.06. The molecular weight excluding hydrogens is 240 g/mol. The summed E-state index contributed by atoms with van der Waals surface area (Å²) in [7, 11) is 9.57. The van der Waals surface area contributed by atoms with Crippen molar-refractivity contribution in [2.45, 2.75) is 19.4 Å². The van der Waals surface area contributed by atoms with E-state index in [2.05, 4.69) is 30.4 Å². The van der Waals surface area contributed by atoms with E-state index in [0.29, 0.717) is 6.04 Å². The maximum atomic E-state index is 5.60. The Labute approximate surface area is 116 Å². The number of hydrogen-bond acceptors (Lipinski definition) is 4. The quantitative estimate of drug-likeness (QED) is 0.820. The highest BCUT2D eigenvalue weighted by atomic mass is 16.5. The third-order valence-electron chi connectivity index (χ3n) is 3.46. The molecule has 19 heavy (non-hydrogen) atoms. The molecule has 108 valence electrons. The third kappa shape index (κ3) is 3.61. The second-order valence-electron chi connectivity index (χ2n) is 4.89. The van der Waals surface area contributed by atoms with Gasteiger partial charge >= 0.3 is 0 Å². The van der Waals surface area contributed by atoms with Crippen molar-refractivity contribution in [1.82, 2.24) is 10.2 Å². The minimum Gasteiger partial charge on any atom is -0.496 e. The SMILES string of the molecule is CNCCC(c1ccc(OC)c(C)c1OC)N(C)C. The molecule has 0 aliphatic rings. The number of nitrogens with zero attached hydrogens (tertiary/aromatic N) is 1. The molecule has 0 saturated heterocycles. The topological polar surface area (TPSA) is 33.7 Å². The van der Waals surface area contributed by atoms with Gasteiger partial charge < -0.3 is 19.7 Å². The molecule has 1 aromatic carbocycles. The number of nitrogens with one attached hydrogen (secondary N) is 1. The summed E-state index contributed by atoms with van der Waals surface area (Å²) in [5, 5.41) is 3.21. The van der Waals surface area contributed by atoms with Crippen molar-refractivity contribution in [2.75, 3.05) is 41.9 Å². The van der Waals surface area contributed by atoms with Crippen LogP contribution in [0, 0.1) is 6.92 Å². The maximum Gasteiger partial charge on any atom is 0.130 e. The average molecular weight is 266 g/mol. The van der Waals surface area contributed by atoms with Crippen molar-refractivity contribution in [2.24, 2.45) is 0 Å². The van der Waals surface area contributed by atoms with Crippen molar-refractivity contribution in [3.8, 4) is 11.5 Å². The normalized spacial score (nSPS) is 12.6. The first kappa shape index (κ1) is 15.8. The molecule has 1 aromatic rings. The highest BCUT2D eigenvalue weighted by molar-refractivity contribution is 5.50. The summed E-state index contributed by atoms with van der Waals surface area (Å²) in [5.41, 5.74) is 2.26. The van der Waals surface area contributed by atoms with Crippen LogP contribution in [0.5, 0.6) is 11.5 Å². The molecule has 0 aliphatic carbocycles. The third-order valence-corrected chi connectivity index (χ3v) is 3.46. The predicted molar refractivity (Wildman–Crippen MR) is 79.3 cm³/mol. The van der Waals surface area contributed by atoms with Gasteiger partial charge in [0.25, 0.3) is 0 Å². The smallest absolute Gasteiger partial charge is 0.130 e. The van der Waals surface area contributed by atoms with Crippen LogP contribution in [0.1, 0.15) is 23.6 Å². The Balaban J connectivity index is 3.18. The van der Waals surface area contributed by atoms with E-state index in [0.717, 1.165) is 30.0 Å². The predicted octanol–water partition coefficient (Wildman–Crippen LogP) is 2.22. The second kappa shape index (κ2) is 7.36. The molecule has 0 spiro atoms. The van der Waals surface area contributed by atoms with Gasteiger partial charge in [0.15, 0.2) is 0 Å². The van der Waals surface area contributed by atoms with E-state index >= 15 is 0 Å². The van der Waals surface area contributed by atoms with E-state index in [1.807, 2.05) is 20.0 Å². The number of benzene rings is 1. The fourth-order valence-corrected chi connectivity index (χ4v) is 2.42. The van der Waals surface area contributed by atoms with Crippen LogP contribution in [0.4, 0.5) is 0 Å². The maximum absolute atomic E-state index is 5.60. The van der Waals surface area contributed by atoms with Gasteiger partial charge in [0.05, 0.1) is 14.2 Å². The Morgan fingerprint density at radius 2 is 1.89 bits per heavy atom. The number of ether oxygens (including phenoxy) is 2. The summed E-state index contributed by atoms with van der Waals surface area (Å²) in [6, 6.07) is 4.45. The van der Waals surface area contributed by atoms with E-state index < -0.39 is 0 Å². The molecule has 4 heteroatoms. The molecule has 1 N–H and O–H groups in total.